The topological polar surface area (TPSA) is 81.1 Å². The van der Waals surface area contributed by atoms with Crippen molar-refractivity contribution in [3.05, 3.63) is 41.4 Å². The van der Waals surface area contributed by atoms with Crippen molar-refractivity contribution in [2.45, 2.75) is 45.1 Å². The highest BCUT2D eigenvalue weighted by Gasteiger charge is 2.26. The molecule has 3 N–H and O–H groups in total. The summed E-state index contributed by atoms with van der Waals surface area (Å²) < 4.78 is 5.71. The standard InChI is InChI=1S/C18H24ClN3O2/c1-3-18(4-2,12-20)22-16(23)9-10-17-21-11-15(24-17)13-7-5-6-8-14(13)19/h5-8,11H,3-4,9-10,12,20H2,1-2H3,(H,22,23). The SMILES string of the molecule is CCC(CC)(CN)NC(=O)CCc1ncc(-c2ccccc2Cl)o1. The third-order valence-electron chi connectivity index (χ3n) is 4.41. The van der Waals surface area contributed by atoms with Gasteiger partial charge in [0.15, 0.2) is 11.7 Å². The molecule has 0 aliphatic heterocycles. The van der Waals surface area contributed by atoms with Gasteiger partial charge in [0, 0.05) is 24.9 Å². The Bertz CT molecular complexity index is 672. The van der Waals surface area contributed by atoms with Gasteiger partial charge < -0.3 is 15.5 Å². The number of nitrogens with two attached hydrogens (primary N) is 1. The number of oxazole rings is 1. The second-order valence-corrected chi connectivity index (χ2v) is 6.25. The normalized spacial score (nSPS) is 11.5. The molecule has 0 atom stereocenters. The summed E-state index contributed by atoms with van der Waals surface area (Å²) in [5, 5.41) is 3.65. The van der Waals surface area contributed by atoms with Crippen molar-refractivity contribution >= 4 is 17.5 Å². The Morgan fingerprint density at radius 1 is 1.33 bits per heavy atom. The van der Waals surface area contributed by atoms with Gasteiger partial charge in [0.05, 0.1) is 16.8 Å². The van der Waals surface area contributed by atoms with Gasteiger partial charge in [-0.2, -0.15) is 0 Å². The predicted molar refractivity (Wildman–Crippen MR) is 95.8 cm³/mol. The van der Waals surface area contributed by atoms with Gasteiger partial charge in [-0.25, -0.2) is 4.98 Å². The summed E-state index contributed by atoms with van der Waals surface area (Å²) in [5.41, 5.74) is 6.28. The lowest BCUT2D eigenvalue weighted by Crippen LogP contribution is -2.52. The number of nitrogens with zero attached hydrogens (tertiary/aromatic N) is 1. The number of carbonyl (C=O) groups excluding carboxylic acids is 1. The Kier molecular flexibility index (Phi) is 6.40. The minimum Gasteiger partial charge on any atom is -0.441 e. The maximum Gasteiger partial charge on any atom is 0.220 e. The Hall–Kier alpha value is -1.85. The van der Waals surface area contributed by atoms with Crippen LogP contribution in [0.15, 0.2) is 34.9 Å². The van der Waals surface area contributed by atoms with Crippen LogP contribution in [-0.4, -0.2) is 23.0 Å². The zero-order valence-electron chi connectivity index (χ0n) is 14.1. The van der Waals surface area contributed by atoms with E-state index in [0.29, 0.717) is 36.1 Å². The molecule has 0 aliphatic rings. The van der Waals surface area contributed by atoms with Crippen molar-refractivity contribution in [1.82, 2.24) is 10.3 Å². The van der Waals surface area contributed by atoms with Crippen LogP contribution in [0.5, 0.6) is 0 Å². The van der Waals surface area contributed by atoms with E-state index in [1.165, 1.54) is 0 Å². The molecule has 2 rings (SSSR count). The fourth-order valence-corrected chi connectivity index (χ4v) is 2.79. The summed E-state index contributed by atoms with van der Waals surface area (Å²) in [6, 6.07) is 7.42. The smallest absolute Gasteiger partial charge is 0.220 e. The second-order valence-electron chi connectivity index (χ2n) is 5.84. The van der Waals surface area contributed by atoms with Crippen LogP contribution in [0.25, 0.3) is 11.3 Å². The number of rotatable bonds is 8. The Labute approximate surface area is 147 Å². The average molecular weight is 350 g/mol. The van der Waals surface area contributed by atoms with Crippen LogP contribution < -0.4 is 11.1 Å². The summed E-state index contributed by atoms with van der Waals surface area (Å²) in [6.07, 6.45) is 3.99. The number of halogens is 1. The van der Waals surface area contributed by atoms with Crippen molar-refractivity contribution in [1.29, 1.82) is 0 Å². The van der Waals surface area contributed by atoms with E-state index in [0.717, 1.165) is 18.4 Å². The number of nitrogens with one attached hydrogen (secondary N) is 1. The van der Waals surface area contributed by atoms with Crippen molar-refractivity contribution < 1.29 is 9.21 Å². The summed E-state index contributed by atoms with van der Waals surface area (Å²) in [6.45, 7) is 4.49. The van der Waals surface area contributed by atoms with E-state index in [9.17, 15) is 4.79 Å². The predicted octanol–water partition coefficient (Wildman–Crippen LogP) is 3.56. The molecule has 130 valence electrons. The molecule has 2 aromatic rings. The molecule has 0 aliphatic carbocycles. The van der Waals surface area contributed by atoms with Crippen LogP contribution in [0.2, 0.25) is 5.02 Å². The van der Waals surface area contributed by atoms with E-state index in [1.807, 2.05) is 32.0 Å². The summed E-state index contributed by atoms with van der Waals surface area (Å²) in [4.78, 5) is 16.4. The van der Waals surface area contributed by atoms with Gasteiger partial charge in [0.25, 0.3) is 0 Å². The summed E-state index contributed by atoms with van der Waals surface area (Å²) in [5.74, 6) is 1.09. The van der Waals surface area contributed by atoms with E-state index in [4.69, 9.17) is 21.8 Å². The molecule has 5 nitrogen and oxygen atoms in total. The third-order valence-corrected chi connectivity index (χ3v) is 4.74. The molecule has 0 bridgehead atoms. The Morgan fingerprint density at radius 3 is 2.67 bits per heavy atom. The van der Waals surface area contributed by atoms with Crippen LogP contribution in [0.1, 0.15) is 39.0 Å². The van der Waals surface area contributed by atoms with Gasteiger partial charge in [0.2, 0.25) is 5.91 Å². The molecule has 24 heavy (non-hydrogen) atoms. The number of carbonyl (C=O) groups is 1. The van der Waals surface area contributed by atoms with Crippen molar-refractivity contribution in [3.63, 3.8) is 0 Å². The van der Waals surface area contributed by atoms with E-state index in [1.54, 1.807) is 12.3 Å². The quantitative estimate of drug-likeness (QED) is 0.763. The lowest BCUT2D eigenvalue weighted by atomic mass is 9.92. The average Bonchev–Trinajstić information content (AvgIpc) is 3.07. The lowest BCUT2D eigenvalue weighted by Gasteiger charge is -2.31. The minimum absolute atomic E-state index is 0.0401. The second kappa shape index (κ2) is 8.31. The van der Waals surface area contributed by atoms with Crippen LogP contribution in [-0.2, 0) is 11.2 Å². The first-order valence-electron chi connectivity index (χ1n) is 8.24. The number of amides is 1. The zero-order valence-corrected chi connectivity index (χ0v) is 14.9. The van der Waals surface area contributed by atoms with E-state index < -0.39 is 0 Å². The van der Waals surface area contributed by atoms with E-state index in [-0.39, 0.29) is 11.4 Å². The van der Waals surface area contributed by atoms with Crippen LogP contribution in [0.4, 0.5) is 0 Å². The molecule has 0 saturated carbocycles. The number of aromatic nitrogens is 1. The fraction of sp³-hybridized carbons (Fsp3) is 0.444. The molecule has 0 radical (unpaired) electrons. The molecular weight excluding hydrogens is 326 g/mol. The van der Waals surface area contributed by atoms with Gasteiger partial charge in [-0.1, -0.05) is 37.6 Å². The number of aryl methyl sites for hydroxylation is 1. The first-order valence-corrected chi connectivity index (χ1v) is 8.62. The molecule has 1 aromatic heterocycles. The lowest BCUT2D eigenvalue weighted by molar-refractivity contribution is -0.123. The first-order chi connectivity index (χ1) is 11.5. The van der Waals surface area contributed by atoms with Gasteiger partial charge in [-0.05, 0) is 25.0 Å². The minimum atomic E-state index is -0.323. The third kappa shape index (κ3) is 4.36. The van der Waals surface area contributed by atoms with E-state index >= 15 is 0 Å². The number of benzene rings is 1. The first kappa shape index (κ1) is 18.5. The molecule has 1 amide bonds. The highest BCUT2D eigenvalue weighted by atomic mass is 35.5. The molecule has 6 heteroatoms. The molecule has 1 heterocycles. The van der Waals surface area contributed by atoms with Crippen LogP contribution in [0.3, 0.4) is 0 Å². The van der Waals surface area contributed by atoms with Crippen molar-refractivity contribution in [3.8, 4) is 11.3 Å². The monoisotopic (exact) mass is 349 g/mol. The van der Waals surface area contributed by atoms with Crippen molar-refractivity contribution in [2.24, 2.45) is 5.73 Å². The van der Waals surface area contributed by atoms with Gasteiger partial charge in [0.1, 0.15) is 0 Å². The van der Waals surface area contributed by atoms with Crippen molar-refractivity contribution in [2.75, 3.05) is 6.54 Å². The maximum atomic E-state index is 12.2. The number of hydrogen-bond acceptors (Lipinski definition) is 4. The highest BCUT2D eigenvalue weighted by Crippen LogP contribution is 2.28. The molecule has 0 saturated heterocycles. The van der Waals surface area contributed by atoms with E-state index in [2.05, 4.69) is 10.3 Å². The molecule has 0 fully saturated rings. The molecule has 0 spiro atoms. The largest absolute Gasteiger partial charge is 0.441 e. The molecular formula is C18H24ClN3O2. The summed E-state index contributed by atoms with van der Waals surface area (Å²) in [7, 11) is 0. The van der Waals surface area contributed by atoms with Crippen LogP contribution >= 0.6 is 11.6 Å². The maximum absolute atomic E-state index is 12.2. The fourth-order valence-electron chi connectivity index (χ4n) is 2.56. The Balaban J connectivity index is 1.96. The van der Waals surface area contributed by atoms with Gasteiger partial charge in [-0.3, -0.25) is 4.79 Å². The molecule has 1 aromatic carbocycles. The van der Waals surface area contributed by atoms with Gasteiger partial charge in [-0.15, -0.1) is 0 Å². The summed E-state index contributed by atoms with van der Waals surface area (Å²) >= 11 is 6.15. The van der Waals surface area contributed by atoms with Crippen LogP contribution in [0, 0.1) is 0 Å². The zero-order chi connectivity index (χ0) is 17.6. The van der Waals surface area contributed by atoms with Gasteiger partial charge >= 0.3 is 0 Å². The number of hydrogen-bond donors (Lipinski definition) is 2. The molecule has 0 unspecified atom stereocenters. The highest BCUT2D eigenvalue weighted by molar-refractivity contribution is 6.33. The Morgan fingerprint density at radius 2 is 2.04 bits per heavy atom.